The van der Waals surface area contributed by atoms with Crippen LogP contribution in [0, 0.1) is 6.92 Å². The summed E-state index contributed by atoms with van der Waals surface area (Å²) in [5, 5.41) is 6.74. The highest BCUT2D eigenvalue weighted by Gasteiger charge is 2.13. The van der Waals surface area contributed by atoms with Crippen LogP contribution < -0.4 is 5.32 Å². The minimum absolute atomic E-state index is 0.428. The molecule has 0 atom stereocenters. The van der Waals surface area contributed by atoms with Crippen molar-refractivity contribution in [2.75, 3.05) is 7.05 Å². The van der Waals surface area contributed by atoms with Gasteiger partial charge in [0, 0.05) is 5.56 Å². The SMILES string of the molecule is CNCc1noc(-c2occc2C)n1. The second kappa shape index (κ2) is 3.63. The molecule has 0 amide bonds. The van der Waals surface area contributed by atoms with Gasteiger partial charge in [-0.2, -0.15) is 4.98 Å². The molecule has 0 fully saturated rings. The third-order valence-corrected chi connectivity index (χ3v) is 1.86. The van der Waals surface area contributed by atoms with E-state index in [-0.39, 0.29) is 0 Å². The number of hydrogen-bond acceptors (Lipinski definition) is 5. The van der Waals surface area contributed by atoms with Crippen molar-refractivity contribution in [2.45, 2.75) is 13.5 Å². The molecule has 5 heteroatoms. The maximum Gasteiger partial charge on any atom is 0.293 e. The van der Waals surface area contributed by atoms with Gasteiger partial charge in [-0.3, -0.25) is 0 Å². The molecule has 0 aromatic carbocycles. The maximum atomic E-state index is 5.23. The quantitative estimate of drug-likeness (QED) is 0.797. The lowest BCUT2D eigenvalue weighted by Gasteiger charge is -1.88. The van der Waals surface area contributed by atoms with Gasteiger partial charge in [0.2, 0.25) is 0 Å². The predicted molar refractivity (Wildman–Crippen MR) is 49.5 cm³/mol. The van der Waals surface area contributed by atoms with Gasteiger partial charge in [0.1, 0.15) is 0 Å². The number of hydrogen-bond donors (Lipinski definition) is 1. The molecule has 2 aromatic heterocycles. The van der Waals surface area contributed by atoms with E-state index in [2.05, 4.69) is 15.5 Å². The van der Waals surface area contributed by atoms with Gasteiger partial charge in [0.05, 0.1) is 12.8 Å². The van der Waals surface area contributed by atoms with E-state index in [9.17, 15) is 0 Å². The van der Waals surface area contributed by atoms with Crippen molar-refractivity contribution >= 4 is 0 Å². The lowest BCUT2D eigenvalue weighted by atomic mass is 10.3. The highest BCUT2D eigenvalue weighted by molar-refractivity contribution is 5.49. The van der Waals surface area contributed by atoms with Gasteiger partial charge in [-0.1, -0.05) is 5.16 Å². The lowest BCUT2D eigenvalue weighted by molar-refractivity contribution is 0.407. The number of nitrogens with one attached hydrogen (secondary N) is 1. The molecule has 74 valence electrons. The molecule has 0 spiro atoms. The largest absolute Gasteiger partial charge is 0.459 e. The monoisotopic (exact) mass is 193 g/mol. The van der Waals surface area contributed by atoms with Crippen LogP contribution in [-0.4, -0.2) is 17.2 Å². The van der Waals surface area contributed by atoms with Crippen molar-refractivity contribution in [3.05, 3.63) is 23.7 Å². The zero-order valence-electron chi connectivity index (χ0n) is 8.07. The van der Waals surface area contributed by atoms with E-state index in [1.165, 1.54) is 0 Å². The van der Waals surface area contributed by atoms with Gasteiger partial charge >= 0.3 is 0 Å². The van der Waals surface area contributed by atoms with Gasteiger partial charge in [-0.15, -0.1) is 0 Å². The Kier molecular flexibility index (Phi) is 2.32. The average molecular weight is 193 g/mol. The molecule has 1 N–H and O–H groups in total. The summed E-state index contributed by atoms with van der Waals surface area (Å²) in [5.74, 6) is 1.69. The molecule has 2 aromatic rings. The molecule has 0 bridgehead atoms. The normalized spacial score (nSPS) is 10.7. The van der Waals surface area contributed by atoms with Crippen LogP contribution in [0.15, 0.2) is 21.3 Å². The molecule has 0 aliphatic carbocycles. The summed E-state index contributed by atoms with van der Waals surface area (Å²) in [5.41, 5.74) is 0.990. The van der Waals surface area contributed by atoms with Crippen LogP contribution in [0.5, 0.6) is 0 Å². The summed E-state index contributed by atoms with van der Waals surface area (Å²) >= 11 is 0. The molecule has 0 aliphatic heterocycles. The first-order valence-corrected chi connectivity index (χ1v) is 4.33. The Hall–Kier alpha value is -1.62. The summed E-state index contributed by atoms with van der Waals surface area (Å²) in [4.78, 5) is 4.17. The zero-order chi connectivity index (χ0) is 9.97. The second-order valence-corrected chi connectivity index (χ2v) is 2.98. The van der Waals surface area contributed by atoms with Gasteiger partial charge in [-0.05, 0) is 20.0 Å². The fourth-order valence-electron chi connectivity index (χ4n) is 1.17. The molecule has 2 heterocycles. The number of nitrogens with zero attached hydrogens (tertiary/aromatic N) is 2. The molecule has 0 radical (unpaired) electrons. The number of rotatable bonds is 3. The third kappa shape index (κ3) is 1.54. The van der Waals surface area contributed by atoms with Gasteiger partial charge in [0.15, 0.2) is 11.6 Å². The minimum atomic E-state index is 0.428. The number of aromatic nitrogens is 2. The lowest BCUT2D eigenvalue weighted by Crippen LogP contribution is -2.06. The second-order valence-electron chi connectivity index (χ2n) is 2.98. The third-order valence-electron chi connectivity index (χ3n) is 1.86. The maximum absolute atomic E-state index is 5.23. The number of furan rings is 1. The van der Waals surface area contributed by atoms with E-state index in [0.717, 1.165) is 5.56 Å². The van der Waals surface area contributed by atoms with Crippen molar-refractivity contribution in [2.24, 2.45) is 0 Å². The van der Waals surface area contributed by atoms with Crippen LogP contribution in [-0.2, 0) is 6.54 Å². The van der Waals surface area contributed by atoms with Crippen molar-refractivity contribution < 1.29 is 8.94 Å². The van der Waals surface area contributed by atoms with Crippen LogP contribution in [0.25, 0.3) is 11.7 Å². The molecule has 5 nitrogen and oxygen atoms in total. The van der Waals surface area contributed by atoms with Crippen molar-refractivity contribution in [1.29, 1.82) is 0 Å². The van der Waals surface area contributed by atoms with E-state index in [1.807, 2.05) is 20.0 Å². The van der Waals surface area contributed by atoms with Crippen molar-refractivity contribution in [3.63, 3.8) is 0 Å². The molecule has 0 saturated carbocycles. The molecule has 0 saturated heterocycles. The van der Waals surface area contributed by atoms with Gasteiger partial charge < -0.3 is 14.3 Å². The van der Waals surface area contributed by atoms with E-state index in [1.54, 1.807) is 6.26 Å². The van der Waals surface area contributed by atoms with Gasteiger partial charge in [0.25, 0.3) is 5.89 Å². The molecule has 14 heavy (non-hydrogen) atoms. The van der Waals surface area contributed by atoms with Gasteiger partial charge in [-0.25, -0.2) is 0 Å². The predicted octanol–water partition coefficient (Wildman–Crippen LogP) is 1.36. The average Bonchev–Trinajstić information content (AvgIpc) is 2.74. The minimum Gasteiger partial charge on any atom is -0.459 e. The standard InChI is InChI=1S/C9H11N3O2/c1-6-3-4-13-8(6)9-11-7(5-10-2)12-14-9/h3-4,10H,5H2,1-2H3. The Morgan fingerprint density at radius 2 is 2.36 bits per heavy atom. The van der Waals surface area contributed by atoms with E-state index >= 15 is 0 Å². The van der Waals surface area contributed by atoms with Crippen LogP contribution in [0.3, 0.4) is 0 Å². The molecule has 0 unspecified atom stereocenters. The van der Waals surface area contributed by atoms with Crippen LogP contribution in [0.4, 0.5) is 0 Å². The van der Waals surface area contributed by atoms with E-state index in [0.29, 0.717) is 24.0 Å². The molecular formula is C9H11N3O2. The molecule has 0 aliphatic rings. The van der Waals surface area contributed by atoms with Crippen LogP contribution >= 0.6 is 0 Å². The molecular weight excluding hydrogens is 182 g/mol. The topological polar surface area (TPSA) is 64.1 Å². The number of aryl methyl sites for hydroxylation is 1. The van der Waals surface area contributed by atoms with E-state index < -0.39 is 0 Å². The summed E-state index contributed by atoms with van der Waals surface area (Å²) in [6.45, 7) is 2.52. The Balaban J connectivity index is 2.29. The summed E-state index contributed by atoms with van der Waals surface area (Å²) in [7, 11) is 1.83. The fraction of sp³-hybridized carbons (Fsp3) is 0.333. The smallest absolute Gasteiger partial charge is 0.293 e. The first-order chi connectivity index (χ1) is 6.81. The Morgan fingerprint density at radius 3 is 3.00 bits per heavy atom. The van der Waals surface area contributed by atoms with Crippen molar-refractivity contribution in [1.82, 2.24) is 15.5 Å². The Morgan fingerprint density at radius 1 is 1.50 bits per heavy atom. The zero-order valence-corrected chi connectivity index (χ0v) is 8.07. The van der Waals surface area contributed by atoms with E-state index in [4.69, 9.17) is 8.94 Å². The Bertz CT molecular complexity index is 419. The summed E-state index contributed by atoms with van der Waals surface area (Å²) in [6, 6.07) is 1.86. The fourth-order valence-corrected chi connectivity index (χ4v) is 1.17. The van der Waals surface area contributed by atoms with Crippen LogP contribution in [0.2, 0.25) is 0 Å². The first kappa shape index (κ1) is 8.96. The summed E-state index contributed by atoms with van der Waals surface area (Å²) in [6.07, 6.45) is 1.60. The van der Waals surface area contributed by atoms with Crippen molar-refractivity contribution in [3.8, 4) is 11.7 Å². The first-order valence-electron chi connectivity index (χ1n) is 4.33. The Labute approximate surface area is 81.1 Å². The highest BCUT2D eigenvalue weighted by atomic mass is 16.5. The summed E-state index contributed by atoms with van der Waals surface area (Å²) < 4.78 is 10.3. The molecule has 2 rings (SSSR count). The van der Waals surface area contributed by atoms with Crippen LogP contribution in [0.1, 0.15) is 11.4 Å². The highest BCUT2D eigenvalue weighted by Crippen LogP contribution is 2.21.